The summed E-state index contributed by atoms with van der Waals surface area (Å²) in [5.41, 5.74) is 2.18. The lowest BCUT2D eigenvalue weighted by Crippen LogP contribution is -2.26. The van der Waals surface area contributed by atoms with E-state index in [4.69, 9.17) is 0 Å². The minimum atomic E-state index is -0.342. The molecule has 0 spiro atoms. The van der Waals surface area contributed by atoms with E-state index < -0.39 is 0 Å². The number of β-amino-alcohol motifs (C(OH)–C–C–N with tert-alkyl or cyclic N) is 1. The molecule has 1 N–H and O–H groups in total. The first-order chi connectivity index (χ1) is 10.5. The van der Waals surface area contributed by atoms with Crippen LogP contribution in [-0.4, -0.2) is 32.4 Å². The van der Waals surface area contributed by atoms with Gasteiger partial charge < -0.3 is 5.11 Å². The molecule has 2 atom stereocenters. The SMILES string of the molecule is CC(C)n1nccc1CN1C[C@H](O)C[C@@H]1c1ccc(F)cc1. The monoisotopic (exact) mass is 303 g/mol. The Morgan fingerprint density at radius 2 is 2.00 bits per heavy atom. The Kier molecular flexibility index (Phi) is 4.27. The highest BCUT2D eigenvalue weighted by atomic mass is 19.1. The summed E-state index contributed by atoms with van der Waals surface area (Å²) in [6, 6.07) is 9.03. The summed E-state index contributed by atoms with van der Waals surface area (Å²) < 4.78 is 15.1. The number of aliphatic hydroxyl groups is 1. The van der Waals surface area contributed by atoms with Gasteiger partial charge in [-0.25, -0.2) is 4.39 Å². The van der Waals surface area contributed by atoms with Gasteiger partial charge in [0.05, 0.1) is 11.8 Å². The average Bonchev–Trinajstić information content (AvgIpc) is 3.07. The van der Waals surface area contributed by atoms with Crippen molar-refractivity contribution in [2.24, 2.45) is 0 Å². The minimum Gasteiger partial charge on any atom is -0.392 e. The molecule has 1 aromatic heterocycles. The van der Waals surface area contributed by atoms with Crippen molar-refractivity contribution in [3.63, 3.8) is 0 Å². The summed E-state index contributed by atoms with van der Waals surface area (Å²) in [6.07, 6.45) is 2.15. The fourth-order valence-electron chi connectivity index (χ4n) is 3.23. The van der Waals surface area contributed by atoms with Crippen LogP contribution in [0, 0.1) is 5.82 Å². The lowest BCUT2D eigenvalue weighted by Gasteiger charge is -2.25. The molecule has 3 rings (SSSR count). The van der Waals surface area contributed by atoms with E-state index in [1.165, 1.54) is 12.1 Å². The Bertz CT molecular complexity index is 623. The molecule has 1 aliphatic rings. The van der Waals surface area contributed by atoms with Crippen LogP contribution in [0.1, 0.15) is 43.6 Å². The van der Waals surface area contributed by atoms with Gasteiger partial charge in [0.25, 0.3) is 0 Å². The van der Waals surface area contributed by atoms with E-state index in [0.717, 1.165) is 17.8 Å². The maximum atomic E-state index is 13.1. The number of hydrogen-bond acceptors (Lipinski definition) is 3. The van der Waals surface area contributed by atoms with E-state index in [9.17, 15) is 9.50 Å². The van der Waals surface area contributed by atoms with Gasteiger partial charge in [-0.15, -0.1) is 0 Å². The van der Waals surface area contributed by atoms with E-state index in [-0.39, 0.29) is 18.0 Å². The van der Waals surface area contributed by atoms with Crippen molar-refractivity contribution in [1.82, 2.24) is 14.7 Å². The summed E-state index contributed by atoms with van der Waals surface area (Å²) in [7, 11) is 0. The maximum Gasteiger partial charge on any atom is 0.123 e. The van der Waals surface area contributed by atoms with Gasteiger partial charge in [0.15, 0.2) is 0 Å². The summed E-state index contributed by atoms with van der Waals surface area (Å²) in [5.74, 6) is -0.230. The standard InChI is InChI=1S/C17H22FN3O/c1-12(2)21-15(7-8-19-21)10-20-11-16(22)9-17(20)13-3-5-14(18)6-4-13/h3-8,12,16-17,22H,9-11H2,1-2H3/t16-,17-/m1/s1. The van der Waals surface area contributed by atoms with Crippen molar-refractivity contribution in [2.75, 3.05) is 6.54 Å². The topological polar surface area (TPSA) is 41.3 Å². The van der Waals surface area contributed by atoms with Crippen LogP contribution in [0.15, 0.2) is 36.5 Å². The van der Waals surface area contributed by atoms with E-state index in [0.29, 0.717) is 19.0 Å². The molecule has 0 unspecified atom stereocenters. The van der Waals surface area contributed by atoms with Crippen LogP contribution < -0.4 is 0 Å². The van der Waals surface area contributed by atoms with Gasteiger partial charge in [-0.1, -0.05) is 12.1 Å². The average molecular weight is 303 g/mol. The van der Waals surface area contributed by atoms with Crippen LogP contribution in [-0.2, 0) is 6.54 Å². The number of likely N-dealkylation sites (tertiary alicyclic amines) is 1. The van der Waals surface area contributed by atoms with Crippen LogP contribution in [0.4, 0.5) is 4.39 Å². The molecule has 22 heavy (non-hydrogen) atoms. The van der Waals surface area contributed by atoms with Gasteiger partial charge >= 0.3 is 0 Å². The zero-order valence-electron chi connectivity index (χ0n) is 13.0. The van der Waals surface area contributed by atoms with Gasteiger partial charge in [-0.05, 0) is 44.0 Å². The highest BCUT2D eigenvalue weighted by molar-refractivity contribution is 5.22. The molecule has 1 saturated heterocycles. The number of nitrogens with zero attached hydrogens (tertiary/aromatic N) is 3. The van der Waals surface area contributed by atoms with E-state index >= 15 is 0 Å². The van der Waals surface area contributed by atoms with Crippen molar-refractivity contribution in [3.05, 3.63) is 53.6 Å². The first-order valence-corrected chi connectivity index (χ1v) is 7.74. The smallest absolute Gasteiger partial charge is 0.123 e. The molecule has 2 heterocycles. The van der Waals surface area contributed by atoms with E-state index in [1.807, 2.05) is 29.1 Å². The zero-order chi connectivity index (χ0) is 15.7. The first kappa shape index (κ1) is 15.2. The van der Waals surface area contributed by atoms with Crippen LogP contribution in [0.2, 0.25) is 0 Å². The Morgan fingerprint density at radius 3 is 2.68 bits per heavy atom. The van der Waals surface area contributed by atoms with E-state index in [2.05, 4.69) is 23.8 Å². The molecule has 2 aromatic rings. The van der Waals surface area contributed by atoms with E-state index in [1.54, 1.807) is 0 Å². The fraction of sp³-hybridized carbons (Fsp3) is 0.471. The Hall–Kier alpha value is -1.72. The molecule has 0 amide bonds. The third kappa shape index (κ3) is 3.05. The number of aliphatic hydroxyl groups excluding tert-OH is 1. The number of halogens is 1. The van der Waals surface area contributed by atoms with Crippen molar-refractivity contribution < 1.29 is 9.50 Å². The van der Waals surface area contributed by atoms with Gasteiger partial charge in [0.2, 0.25) is 0 Å². The van der Waals surface area contributed by atoms with Gasteiger partial charge in [0, 0.05) is 31.4 Å². The van der Waals surface area contributed by atoms with Crippen LogP contribution >= 0.6 is 0 Å². The van der Waals surface area contributed by atoms with Crippen molar-refractivity contribution in [3.8, 4) is 0 Å². The van der Waals surface area contributed by atoms with Gasteiger partial charge in [0.1, 0.15) is 5.82 Å². The quantitative estimate of drug-likeness (QED) is 0.944. The lowest BCUT2D eigenvalue weighted by atomic mass is 10.0. The van der Waals surface area contributed by atoms with Crippen molar-refractivity contribution in [1.29, 1.82) is 0 Å². The second-order valence-electron chi connectivity index (χ2n) is 6.25. The largest absolute Gasteiger partial charge is 0.392 e. The predicted molar refractivity (Wildman–Crippen MR) is 82.8 cm³/mol. The second kappa shape index (κ2) is 6.18. The molecule has 0 aliphatic carbocycles. The third-order valence-corrected chi connectivity index (χ3v) is 4.24. The molecule has 1 aliphatic heterocycles. The predicted octanol–water partition coefficient (Wildman–Crippen LogP) is 2.91. The Morgan fingerprint density at radius 1 is 1.27 bits per heavy atom. The second-order valence-corrected chi connectivity index (χ2v) is 6.25. The number of benzene rings is 1. The molecular weight excluding hydrogens is 281 g/mol. The Labute approximate surface area is 130 Å². The highest BCUT2D eigenvalue weighted by Gasteiger charge is 2.32. The molecule has 5 heteroatoms. The third-order valence-electron chi connectivity index (χ3n) is 4.24. The molecule has 1 fully saturated rings. The normalized spacial score (nSPS) is 22.6. The van der Waals surface area contributed by atoms with Gasteiger partial charge in [-0.3, -0.25) is 9.58 Å². The maximum absolute atomic E-state index is 13.1. The molecular formula is C17H22FN3O. The number of rotatable bonds is 4. The minimum absolute atomic E-state index is 0.117. The fourth-order valence-corrected chi connectivity index (χ4v) is 3.23. The summed E-state index contributed by atoms with van der Waals surface area (Å²) >= 11 is 0. The lowest BCUT2D eigenvalue weighted by molar-refractivity contribution is 0.171. The molecule has 0 bridgehead atoms. The van der Waals surface area contributed by atoms with Crippen LogP contribution in [0.25, 0.3) is 0 Å². The Balaban J connectivity index is 1.81. The van der Waals surface area contributed by atoms with Gasteiger partial charge in [-0.2, -0.15) is 5.10 Å². The molecule has 118 valence electrons. The summed E-state index contributed by atoms with van der Waals surface area (Å²) in [4.78, 5) is 2.24. The van der Waals surface area contributed by atoms with Crippen LogP contribution in [0.3, 0.4) is 0 Å². The van der Waals surface area contributed by atoms with Crippen molar-refractivity contribution >= 4 is 0 Å². The molecule has 1 aromatic carbocycles. The molecule has 0 saturated carbocycles. The number of hydrogen-bond donors (Lipinski definition) is 1. The first-order valence-electron chi connectivity index (χ1n) is 7.74. The summed E-state index contributed by atoms with van der Waals surface area (Å²) in [5, 5.41) is 14.4. The van der Waals surface area contributed by atoms with Crippen molar-refractivity contribution in [2.45, 2.75) is 45.0 Å². The highest BCUT2D eigenvalue weighted by Crippen LogP contribution is 2.33. The molecule has 4 nitrogen and oxygen atoms in total. The zero-order valence-corrected chi connectivity index (χ0v) is 13.0. The summed E-state index contributed by atoms with van der Waals surface area (Å²) in [6.45, 7) is 5.57. The van der Waals surface area contributed by atoms with Crippen LogP contribution in [0.5, 0.6) is 0 Å². The number of aromatic nitrogens is 2. The molecule has 0 radical (unpaired) electrons.